The number of rotatable bonds is 6. The van der Waals surface area contributed by atoms with Crippen LogP contribution < -0.4 is 20.1 Å². The van der Waals surface area contributed by atoms with Crippen molar-refractivity contribution in [3.05, 3.63) is 94.7 Å². The van der Waals surface area contributed by atoms with E-state index < -0.39 is 0 Å². The first-order valence-electron chi connectivity index (χ1n) is 11.2. The van der Waals surface area contributed by atoms with Crippen molar-refractivity contribution in [3.63, 3.8) is 0 Å². The van der Waals surface area contributed by atoms with Crippen molar-refractivity contribution in [1.82, 2.24) is 10.3 Å². The van der Waals surface area contributed by atoms with Crippen LogP contribution in [0.15, 0.2) is 66.9 Å². The number of benzene rings is 3. The number of hydrogen-bond acceptors (Lipinski definition) is 5. The Kier molecular flexibility index (Phi) is 7.27. The highest BCUT2D eigenvalue weighted by Crippen LogP contribution is 2.33. The molecule has 0 fully saturated rings. The number of aryl methyl sites for hydroxylation is 2. The SMILES string of the molecule is COc1cc2nccc(Cc3ccc(NC(=S)NC(=O)c4cc(C)ccc4C)cc3)c2cc1OC. The van der Waals surface area contributed by atoms with Gasteiger partial charge in [0.15, 0.2) is 16.6 Å². The largest absolute Gasteiger partial charge is 0.493 e. The number of nitrogens with one attached hydrogen (secondary N) is 2. The maximum atomic E-state index is 12.6. The van der Waals surface area contributed by atoms with Gasteiger partial charge in [0.25, 0.3) is 5.91 Å². The van der Waals surface area contributed by atoms with Crippen molar-refractivity contribution in [3.8, 4) is 11.5 Å². The Morgan fingerprint density at radius 2 is 1.66 bits per heavy atom. The smallest absolute Gasteiger partial charge is 0.257 e. The first-order valence-corrected chi connectivity index (χ1v) is 11.6. The fourth-order valence-electron chi connectivity index (χ4n) is 3.92. The molecule has 1 aromatic heterocycles. The molecule has 0 aliphatic carbocycles. The van der Waals surface area contributed by atoms with Crippen LogP contribution in [0.5, 0.6) is 11.5 Å². The molecule has 4 aromatic rings. The highest BCUT2D eigenvalue weighted by Gasteiger charge is 2.12. The normalized spacial score (nSPS) is 10.6. The molecule has 7 heteroatoms. The molecule has 0 bridgehead atoms. The summed E-state index contributed by atoms with van der Waals surface area (Å²) >= 11 is 5.35. The van der Waals surface area contributed by atoms with E-state index in [0.717, 1.165) is 45.3 Å². The van der Waals surface area contributed by atoms with E-state index in [2.05, 4.69) is 15.6 Å². The molecular weight excluding hydrogens is 458 g/mol. The lowest BCUT2D eigenvalue weighted by atomic mass is 10.0. The van der Waals surface area contributed by atoms with Crippen LogP contribution in [0.3, 0.4) is 0 Å². The van der Waals surface area contributed by atoms with Crippen molar-refractivity contribution in [1.29, 1.82) is 0 Å². The maximum absolute atomic E-state index is 12.6. The summed E-state index contributed by atoms with van der Waals surface area (Å²) in [6.45, 7) is 3.86. The predicted octanol–water partition coefficient (Wildman–Crippen LogP) is 5.59. The number of fused-ring (bicyclic) bond motifs is 1. The van der Waals surface area contributed by atoms with E-state index in [0.29, 0.717) is 17.1 Å². The Labute approximate surface area is 210 Å². The summed E-state index contributed by atoms with van der Waals surface area (Å²) in [5, 5.41) is 7.11. The molecule has 2 N–H and O–H groups in total. The van der Waals surface area contributed by atoms with Crippen LogP contribution in [0.25, 0.3) is 10.9 Å². The number of nitrogens with zero attached hydrogens (tertiary/aromatic N) is 1. The van der Waals surface area contributed by atoms with Crippen molar-refractivity contribution < 1.29 is 14.3 Å². The van der Waals surface area contributed by atoms with Gasteiger partial charge in [0.1, 0.15) is 0 Å². The molecule has 4 rings (SSSR count). The minimum atomic E-state index is -0.225. The fraction of sp³-hybridized carbons (Fsp3) is 0.179. The monoisotopic (exact) mass is 485 g/mol. The van der Waals surface area contributed by atoms with Crippen LogP contribution in [-0.4, -0.2) is 30.2 Å². The zero-order valence-electron chi connectivity index (χ0n) is 20.1. The van der Waals surface area contributed by atoms with Gasteiger partial charge in [-0.2, -0.15) is 0 Å². The minimum absolute atomic E-state index is 0.225. The van der Waals surface area contributed by atoms with Crippen LogP contribution in [-0.2, 0) is 6.42 Å². The van der Waals surface area contributed by atoms with Gasteiger partial charge >= 0.3 is 0 Å². The van der Waals surface area contributed by atoms with E-state index in [1.54, 1.807) is 20.4 Å². The number of thiocarbonyl (C=S) groups is 1. The standard InChI is InChI=1S/C28H27N3O3S/c1-17-5-6-18(2)22(13-17)27(32)31-28(35)30-21-9-7-19(8-10-21)14-20-11-12-29-24-16-26(34-4)25(33-3)15-23(20)24/h5-13,15-16H,14H2,1-4H3,(H2,30,31,32,35). The summed E-state index contributed by atoms with van der Waals surface area (Å²) in [4.78, 5) is 17.1. The van der Waals surface area contributed by atoms with E-state index in [9.17, 15) is 4.79 Å². The third kappa shape index (κ3) is 5.58. The van der Waals surface area contributed by atoms with Gasteiger partial charge in [-0.25, -0.2) is 0 Å². The van der Waals surface area contributed by atoms with Crippen molar-refractivity contribution in [2.24, 2.45) is 0 Å². The molecule has 0 unspecified atom stereocenters. The number of methoxy groups -OCH3 is 2. The fourth-order valence-corrected chi connectivity index (χ4v) is 4.13. The van der Waals surface area contributed by atoms with Gasteiger partial charge in [0, 0.05) is 28.9 Å². The average Bonchev–Trinajstić information content (AvgIpc) is 2.85. The third-order valence-corrected chi connectivity index (χ3v) is 6.01. The predicted molar refractivity (Wildman–Crippen MR) is 144 cm³/mol. The molecule has 0 spiro atoms. The van der Waals surface area contributed by atoms with E-state index >= 15 is 0 Å². The minimum Gasteiger partial charge on any atom is -0.493 e. The van der Waals surface area contributed by atoms with E-state index in [1.165, 1.54) is 0 Å². The Morgan fingerprint density at radius 3 is 2.37 bits per heavy atom. The molecule has 0 saturated carbocycles. The lowest BCUT2D eigenvalue weighted by molar-refractivity contribution is 0.0977. The highest BCUT2D eigenvalue weighted by molar-refractivity contribution is 7.80. The van der Waals surface area contributed by atoms with Gasteiger partial charge in [-0.3, -0.25) is 15.1 Å². The van der Waals surface area contributed by atoms with Crippen LogP contribution in [0, 0.1) is 13.8 Å². The molecule has 1 heterocycles. The topological polar surface area (TPSA) is 72.5 Å². The van der Waals surface area contributed by atoms with Crippen LogP contribution in [0.1, 0.15) is 32.6 Å². The number of amides is 1. The van der Waals surface area contributed by atoms with E-state index in [4.69, 9.17) is 21.7 Å². The Hall–Kier alpha value is -3.97. The first kappa shape index (κ1) is 24.2. The van der Waals surface area contributed by atoms with Crippen molar-refractivity contribution in [2.45, 2.75) is 20.3 Å². The van der Waals surface area contributed by atoms with Crippen LogP contribution in [0.4, 0.5) is 5.69 Å². The summed E-state index contributed by atoms with van der Waals surface area (Å²) < 4.78 is 10.9. The Morgan fingerprint density at radius 1 is 0.943 bits per heavy atom. The summed E-state index contributed by atoms with van der Waals surface area (Å²) in [7, 11) is 3.24. The molecule has 1 amide bonds. The summed E-state index contributed by atoms with van der Waals surface area (Å²) in [6, 6.07) is 19.6. The van der Waals surface area contributed by atoms with E-state index in [1.807, 2.05) is 74.5 Å². The van der Waals surface area contributed by atoms with Gasteiger partial charge in [-0.1, -0.05) is 29.8 Å². The Bertz CT molecular complexity index is 1400. The molecule has 0 aliphatic rings. The molecule has 0 saturated heterocycles. The quantitative estimate of drug-likeness (QED) is 0.347. The van der Waals surface area contributed by atoms with Crippen LogP contribution >= 0.6 is 12.2 Å². The highest BCUT2D eigenvalue weighted by atomic mass is 32.1. The summed E-state index contributed by atoms with van der Waals surface area (Å²) in [5.41, 5.74) is 6.45. The van der Waals surface area contributed by atoms with Gasteiger partial charge in [0.05, 0.1) is 19.7 Å². The molecule has 35 heavy (non-hydrogen) atoms. The van der Waals surface area contributed by atoms with Crippen LogP contribution in [0.2, 0.25) is 0 Å². The maximum Gasteiger partial charge on any atom is 0.257 e. The van der Waals surface area contributed by atoms with Gasteiger partial charge < -0.3 is 14.8 Å². The van der Waals surface area contributed by atoms with Gasteiger partial charge in [-0.05, 0) is 79.5 Å². The summed E-state index contributed by atoms with van der Waals surface area (Å²) in [5.74, 6) is 1.10. The van der Waals surface area contributed by atoms with E-state index in [-0.39, 0.29) is 11.0 Å². The summed E-state index contributed by atoms with van der Waals surface area (Å²) in [6.07, 6.45) is 2.53. The lowest BCUT2D eigenvalue weighted by Crippen LogP contribution is -2.34. The molecule has 0 atom stereocenters. The zero-order chi connectivity index (χ0) is 24.9. The van der Waals surface area contributed by atoms with Gasteiger partial charge in [-0.15, -0.1) is 0 Å². The second-order valence-electron chi connectivity index (χ2n) is 8.29. The number of carbonyl (C=O) groups excluding carboxylic acids is 1. The molecule has 0 aliphatic heterocycles. The second kappa shape index (κ2) is 10.5. The van der Waals surface area contributed by atoms with Crippen molar-refractivity contribution in [2.75, 3.05) is 19.5 Å². The number of carbonyl (C=O) groups is 1. The number of ether oxygens (including phenoxy) is 2. The molecular formula is C28H27N3O3S. The zero-order valence-corrected chi connectivity index (χ0v) is 21.0. The molecule has 0 radical (unpaired) electrons. The second-order valence-corrected chi connectivity index (χ2v) is 8.70. The number of pyridine rings is 1. The molecule has 3 aromatic carbocycles. The first-order chi connectivity index (χ1) is 16.9. The van der Waals surface area contributed by atoms with Gasteiger partial charge in [0.2, 0.25) is 0 Å². The number of hydrogen-bond donors (Lipinski definition) is 2. The molecule has 6 nitrogen and oxygen atoms in total. The lowest BCUT2D eigenvalue weighted by Gasteiger charge is -2.13. The third-order valence-electron chi connectivity index (χ3n) is 5.81. The Balaban J connectivity index is 1.45. The number of aromatic nitrogens is 1. The average molecular weight is 486 g/mol. The van der Waals surface area contributed by atoms with Crippen molar-refractivity contribution >= 4 is 39.8 Å². The molecule has 178 valence electrons. The number of anilines is 1.